The SMILES string of the molecule is C[C@@H](CCCc1ccccc1)[C@H](O)C=C[C@H]1CCC(=O)N1CC=Cc1ccc(C(=O)O)s1. The van der Waals surface area contributed by atoms with Crippen LogP contribution >= 0.6 is 11.3 Å². The van der Waals surface area contributed by atoms with E-state index in [4.69, 9.17) is 5.11 Å². The number of aryl methyl sites for hydroxylation is 1. The number of nitrogens with zero attached hydrogens (tertiary/aromatic N) is 1. The Balaban J connectivity index is 1.47. The predicted molar refractivity (Wildman–Crippen MR) is 129 cm³/mol. The Bertz CT molecular complexity index is 950. The first-order valence-electron chi connectivity index (χ1n) is 11.1. The van der Waals surface area contributed by atoms with Crippen molar-refractivity contribution in [1.82, 2.24) is 4.90 Å². The number of likely N-dealkylation sites (tertiary alicyclic amines) is 1. The molecule has 1 saturated heterocycles. The number of carboxylic acid groups (broad SMARTS) is 1. The maximum Gasteiger partial charge on any atom is 0.345 e. The number of carboxylic acids is 1. The number of aliphatic hydroxyl groups excluding tert-OH is 1. The number of hydrogen-bond acceptors (Lipinski definition) is 4. The van der Waals surface area contributed by atoms with Crippen molar-refractivity contribution in [3.8, 4) is 0 Å². The second-order valence-corrected chi connectivity index (χ2v) is 9.41. The summed E-state index contributed by atoms with van der Waals surface area (Å²) in [6.07, 6.45) is 11.3. The molecule has 2 heterocycles. The van der Waals surface area contributed by atoms with Crippen LogP contribution in [0, 0.1) is 5.92 Å². The van der Waals surface area contributed by atoms with Gasteiger partial charge < -0.3 is 15.1 Å². The average Bonchev–Trinajstić information content (AvgIpc) is 3.40. The number of carbonyl (C=O) groups is 2. The van der Waals surface area contributed by atoms with E-state index in [0.717, 1.165) is 30.6 Å². The summed E-state index contributed by atoms with van der Waals surface area (Å²) >= 11 is 1.21. The minimum absolute atomic E-state index is 0.0174. The molecule has 3 atom stereocenters. The van der Waals surface area contributed by atoms with E-state index in [1.165, 1.54) is 16.9 Å². The number of benzene rings is 1. The van der Waals surface area contributed by atoms with E-state index in [0.29, 0.717) is 17.8 Å². The summed E-state index contributed by atoms with van der Waals surface area (Å²) in [7, 11) is 0. The number of rotatable bonds is 11. The smallest absolute Gasteiger partial charge is 0.345 e. The van der Waals surface area contributed by atoms with Gasteiger partial charge in [-0.2, -0.15) is 0 Å². The molecule has 0 saturated carbocycles. The van der Waals surface area contributed by atoms with Crippen molar-refractivity contribution < 1.29 is 19.8 Å². The van der Waals surface area contributed by atoms with E-state index in [1.807, 2.05) is 47.4 Å². The van der Waals surface area contributed by atoms with Crippen LogP contribution in [-0.2, 0) is 11.2 Å². The summed E-state index contributed by atoms with van der Waals surface area (Å²) in [6, 6.07) is 13.7. The van der Waals surface area contributed by atoms with Crippen molar-refractivity contribution in [2.45, 2.75) is 51.2 Å². The fraction of sp³-hybridized carbons (Fsp3) is 0.385. The highest BCUT2D eigenvalue weighted by Gasteiger charge is 2.28. The van der Waals surface area contributed by atoms with Crippen LogP contribution in [0.25, 0.3) is 6.08 Å². The van der Waals surface area contributed by atoms with E-state index in [-0.39, 0.29) is 17.9 Å². The summed E-state index contributed by atoms with van der Waals surface area (Å²) in [6.45, 7) is 2.53. The molecule has 32 heavy (non-hydrogen) atoms. The fourth-order valence-electron chi connectivity index (χ4n) is 3.91. The third kappa shape index (κ3) is 6.90. The van der Waals surface area contributed by atoms with E-state index in [2.05, 4.69) is 19.1 Å². The van der Waals surface area contributed by atoms with Gasteiger partial charge in [-0.05, 0) is 55.4 Å². The molecule has 5 nitrogen and oxygen atoms in total. The van der Waals surface area contributed by atoms with Gasteiger partial charge in [-0.3, -0.25) is 4.79 Å². The lowest BCUT2D eigenvalue weighted by Crippen LogP contribution is -2.32. The number of aromatic carboxylic acids is 1. The molecule has 0 spiro atoms. The lowest BCUT2D eigenvalue weighted by Gasteiger charge is -2.22. The molecule has 2 aromatic rings. The molecular weight excluding hydrogens is 422 g/mol. The molecule has 1 aromatic carbocycles. The van der Waals surface area contributed by atoms with Gasteiger partial charge in [-0.1, -0.05) is 55.5 Å². The van der Waals surface area contributed by atoms with Crippen molar-refractivity contribution in [2.24, 2.45) is 5.92 Å². The van der Waals surface area contributed by atoms with Gasteiger partial charge in [-0.15, -0.1) is 11.3 Å². The summed E-state index contributed by atoms with van der Waals surface area (Å²) < 4.78 is 0. The minimum Gasteiger partial charge on any atom is -0.477 e. The Kier molecular flexibility index (Phi) is 8.82. The number of thiophene rings is 1. The maximum atomic E-state index is 12.3. The lowest BCUT2D eigenvalue weighted by molar-refractivity contribution is -0.127. The minimum atomic E-state index is -0.928. The van der Waals surface area contributed by atoms with Crippen LogP contribution in [0.3, 0.4) is 0 Å². The zero-order valence-electron chi connectivity index (χ0n) is 18.4. The first-order chi connectivity index (χ1) is 15.4. The Hall–Kier alpha value is -2.70. The summed E-state index contributed by atoms with van der Waals surface area (Å²) in [5, 5.41) is 19.6. The second-order valence-electron chi connectivity index (χ2n) is 8.29. The van der Waals surface area contributed by atoms with Gasteiger partial charge in [0.25, 0.3) is 0 Å². The molecule has 0 unspecified atom stereocenters. The monoisotopic (exact) mass is 453 g/mol. The molecule has 1 amide bonds. The molecule has 6 heteroatoms. The van der Waals surface area contributed by atoms with Crippen LogP contribution in [0.4, 0.5) is 0 Å². The van der Waals surface area contributed by atoms with Crippen LogP contribution in [0.15, 0.2) is 60.7 Å². The van der Waals surface area contributed by atoms with Gasteiger partial charge in [0.1, 0.15) is 4.88 Å². The first kappa shape index (κ1) is 24.0. The fourth-order valence-corrected chi connectivity index (χ4v) is 4.69. The first-order valence-corrected chi connectivity index (χ1v) is 11.9. The summed E-state index contributed by atoms with van der Waals surface area (Å²) in [5.41, 5.74) is 1.32. The second kappa shape index (κ2) is 11.8. The Labute approximate surface area is 193 Å². The lowest BCUT2D eigenvalue weighted by atomic mass is 9.95. The van der Waals surface area contributed by atoms with Crippen molar-refractivity contribution >= 4 is 29.3 Å². The molecule has 0 aliphatic carbocycles. The van der Waals surface area contributed by atoms with E-state index in [9.17, 15) is 14.7 Å². The van der Waals surface area contributed by atoms with Crippen LogP contribution < -0.4 is 0 Å². The summed E-state index contributed by atoms with van der Waals surface area (Å²) in [5.74, 6) is -0.669. The standard InChI is InChI=1S/C26H31NO4S/c1-19(7-5-10-20-8-3-2-4-9-20)23(28)15-12-21-13-17-25(29)27(21)18-6-11-22-14-16-24(32-22)26(30)31/h2-4,6,8-9,11-12,14-16,19,21,23,28H,5,7,10,13,17-18H2,1H3,(H,30,31)/t19-,21-,23+/m0/s1. The zero-order valence-corrected chi connectivity index (χ0v) is 19.2. The van der Waals surface area contributed by atoms with Gasteiger partial charge in [0.15, 0.2) is 0 Å². The number of hydrogen-bond donors (Lipinski definition) is 2. The Morgan fingerprint density at radius 2 is 2.03 bits per heavy atom. The molecule has 2 N–H and O–H groups in total. The Morgan fingerprint density at radius 1 is 1.25 bits per heavy atom. The third-order valence-electron chi connectivity index (χ3n) is 5.88. The molecule has 1 aliphatic heterocycles. The van der Waals surface area contributed by atoms with Crippen molar-refractivity contribution in [2.75, 3.05) is 6.54 Å². The van der Waals surface area contributed by atoms with E-state index < -0.39 is 12.1 Å². The third-order valence-corrected chi connectivity index (χ3v) is 6.92. The van der Waals surface area contributed by atoms with Crippen LogP contribution in [0.1, 0.15) is 52.7 Å². The van der Waals surface area contributed by atoms with Crippen molar-refractivity contribution in [3.05, 3.63) is 76.0 Å². The number of aliphatic hydroxyl groups is 1. The molecule has 3 rings (SSSR count). The van der Waals surface area contributed by atoms with Crippen LogP contribution in [-0.4, -0.2) is 45.7 Å². The topological polar surface area (TPSA) is 77.8 Å². The Morgan fingerprint density at radius 3 is 2.75 bits per heavy atom. The molecule has 1 fully saturated rings. The van der Waals surface area contributed by atoms with Crippen molar-refractivity contribution in [1.29, 1.82) is 0 Å². The highest BCUT2D eigenvalue weighted by molar-refractivity contribution is 7.14. The van der Waals surface area contributed by atoms with Gasteiger partial charge in [0, 0.05) is 17.8 Å². The van der Waals surface area contributed by atoms with Gasteiger partial charge in [-0.25, -0.2) is 4.79 Å². The normalized spacial score (nSPS) is 18.6. The number of amides is 1. The number of carbonyl (C=O) groups excluding carboxylic acids is 1. The molecule has 0 bridgehead atoms. The van der Waals surface area contributed by atoms with Gasteiger partial charge in [0.05, 0.1) is 12.1 Å². The van der Waals surface area contributed by atoms with Crippen LogP contribution in [0.5, 0.6) is 0 Å². The van der Waals surface area contributed by atoms with E-state index >= 15 is 0 Å². The predicted octanol–water partition coefficient (Wildman–Crippen LogP) is 5.03. The summed E-state index contributed by atoms with van der Waals surface area (Å²) in [4.78, 5) is 26.2. The zero-order chi connectivity index (χ0) is 22.9. The van der Waals surface area contributed by atoms with Gasteiger partial charge >= 0.3 is 5.97 Å². The van der Waals surface area contributed by atoms with Crippen molar-refractivity contribution in [3.63, 3.8) is 0 Å². The molecule has 0 radical (unpaired) electrons. The van der Waals surface area contributed by atoms with Gasteiger partial charge in [0.2, 0.25) is 5.91 Å². The quantitative estimate of drug-likeness (QED) is 0.468. The molecule has 170 valence electrons. The average molecular weight is 454 g/mol. The molecular formula is C26H31NO4S. The highest BCUT2D eigenvalue weighted by atomic mass is 32.1. The maximum absolute atomic E-state index is 12.3. The van der Waals surface area contributed by atoms with Crippen LogP contribution in [0.2, 0.25) is 0 Å². The van der Waals surface area contributed by atoms with E-state index in [1.54, 1.807) is 12.1 Å². The largest absolute Gasteiger partial charge is 0.477 e. The molecule has 1 aromatic heterocycles. The highest BCUT2D eigenvalue weighted by Crippen LogP contribution is 2.22. The molecule has 1 aliphatic rings.